The highest BCUT2D eigenvalue weighted by molar-refractivity contribution is 7.90. The number of sulfone groups is 1. The van der Waals surface area contributed by atoms with Gasteiger partial charge in [-0.05, 0) is 18.2 Å². The maximum Gasteiger partial charge on any atom is 0.274 e. The van der Waals surface area contributed by atoms with Crippen LogP contribution < -0.4 is 0 Å². The van der Waals surface area contributed by atoms with Gasteiger partial charge in [0.1, 0.15) is 0 Å². The summed E-state index contributed by atoms with van der Waals surface area (Å²) in [6.07, 6.45) is 3.27. The van der Waals surface area contributed by atoms with Gasteiger partial charge < -0.3 is 9.64 Å². The van der Waals surface area contributed by atoms with E-state index in [1.165, 1.54) is 0 Å². The largest absolute Gasteiger partial charge is 0.378 e. The van der Waals surface area contributed by atoms with E-state index in [9.17, 15) is 13.2 Å². The molecule has 148 valence electrons. The Morgan fingerprint density at radius 1 is 1.03 bits per heavy atom. The topological polar surface area (TPSA) is 94.4 Å². The minimum Gasteiger partial charge on any atom is -0.378 e. The lowest BCUT2D eigenvalue weighted by Crippen LogP contribution is -2.41. The number of hydrogen-bond acceptors (Lipinski definition) is 6. The van der Waals surface area contributed by atoms with Crippen molar-refractivity contribution in [3.05, 3.63) is 60.0 Å². The zero-order valence-corrected chi connectivity index (χ0v) is 16.3. The molecule has 0 radical (unpaired) electrons. The van der Waals surface area contributed by atoms with Crippen LogP contribution in [0.2, 0.25) is 0 Å². The van der Waals surface area contributed by atoms with Crippen molar-refractivity contribution in [1.29, 1.82) is 0 Å². The number of fused-ring (bicyclic) bond motifs is 3. The smallest absolute Gasteiger partial charge is 0.274 e. The van der Waals surface area contributed by atoms with Crippen LogP contribution >= 0.6 is 0 Å². The van der Waals surface area contributed by atoms with Crippen LogP contribution in [0.3, 0.4) is 0 Å². The minimum absolute atomic E-state index is 0.178. The summed E-state index contributed by atoms with van der Waals surface area (Å²) in [4.78, 5) is 19.2. The molecule has 2 aromatic heterocycles. The van der Waals surface area contributed by atoms with E-state index in [0.717, 1.165) is 0 Å². The summed E-state index contributed by atoms with van der Waals surface area (Å²) in [6, 6.07) is 10.4. The monoisotopic (exact) mass is 410 g/mol. The Morgan fingerprint density at radius 2 is 1.76 bits per heavy atom. The number of pyridine rings is 1. The highest BCUT2D eigenvalue weighted by atomic mass is 32.2. The molecular formula is C20H18N4O4S. The van der Waals surface area contributed by atoms with Gasteiger partial charge in [-0.15, -0.1) is 0 Å². The average molecular weight is 410 g/mol. The van der Waals surface area contributed by atoms with E-state index in [0.29, 0.717) is 48.8 Å². The second-order valence-electron chi connectivity index (χ2n) is 6.95. The Kier molecular flexibility index (Phi) is 4.21. The third-order valence-corrected chi connectivity index (χ3v) is 6.90. The lowest BCUT2D eigenvalue weighted by atomic mass is 10.0. The maximum atomic E-state index is 13.2. The Bertz CT molecular complexity index is 1200. The van der Waals surface area contributed by atoms with Crippen molar-refractivity contribution in [3.63, 3.8) is 0 Å². The zero-order chi connectivity index (χ0) is 20.0. The molecule has 1 fully saturated rings. The fourth-order valence-corrected chi connectivity index (χ4v) is 5.42. The fourth-order valence-electron chi connectivity index (χ4n) is 3.83. The van der Waals surface area contributed by atoms with Gasteiger partial charge in [0.25, 0.3) is 5.91 Å². The molecule has 0 N–H and O–H groups in total. The molecule has 0 bridgehead atoms. The molecule has 0 saturated carbocycles. The van der Waals surface area contributed by atoms with Crippen molar-refractivity contribution in [2.75, 3.05) is 26.3 Å². The van der Waals surface area contributed by atoms with Gasteiger partial charge in [-0.25, -0.2) is 13.1 Å². The first-order valence-corrected chi connectivity index (χ1v) is 10.9. The SMILES string of the molecule is O=C(c1nn(-c2ccncc2)c2c1CS(=O)(=O)c1ccccc1-2)N1CCOCC1. The molecule has 5 rings (SSSR count). The molecule has 0 unspecified atom stereocenters. The molecule has 1 amide bonds. The Balaban J connectivity index is 1.75. The van der Waals surface area contributed by atoms with Gasteiger partial charge in [-0.2, -0.15) is 5.10 Å². The van der Waals surface area contributed by atoms with Crippen molar-refractivity contribution in [2.24, 2.45) is 0 Å². The molecule has 1 aromatic carbocycles. The number of ether oxygens (including phenoxy) is 1. The van der Waals surface area contributed by atoms with Gasteiger partial charge in [0.15, 0.2) is 15.5 Å². The summed E-state index contributed by atoms with van der Waals surface area (Å²) in [7, 11) is -3.57. The van der Waals surface area contributed by atoms with E-state index >= 15 is 0 Å². The molecule has 2 aliphatic rings. The normalized spacial score (nSPS) is 17.4. The number of nitrogens with zero attached hydrogens (tertiary/aromatic N) is 4. The number of morpholine rings is 1. The first-order valence-electron chi connectivity index (χ1n) is 9.28. The summed E-state index contributed by atoms with van der Waals surface area (Å²) < 4.78 is 32.9. The molecule has 0 spiro atoms. The van der Waals surface area contributed by atoms with Crippen molar-refractivity contribution in [3.8, 4) is 16.9 Å². The van der Waals surface area contributed by atoms with Crippen molar-refractivity contribution >= 4 is 15.7 Å². The predicted octanol–water partition coefficient (Wildman–Crippen LogP) is 1.69. The lowest BCUT2D eigenvalue weighted by molar-refractivity contribution is 0.0298. The van der Waals surface area contributed by atoms with Gasteiger partial charge in [-0.3, -0.25) is 9.78 Å². The van der Waals surface area contributed by atoms with Crippen LogP contribution in [0.1, 0.15) is 16.1 Å². The molecule has 4 heterocycles. The quantitative estimate of drug-likeness (QED) is 0.638. The van der Waals surface area contributed by atoms with Gasteiger partial charge >= 0.3 is 0 Å². The third kappa shape index (κ3) is 2.93. The molecule has 9 heteroatoms. The highest BCUT2D eigenvalue weighted by Crippen LogP contribution is 2.40. The van der Waals surface area contributed by atoms with Crippen LogP contribution in [0.25, 0.3) is 16.9 Å². The molecule has 8 nitrogen and oxygen atoms in total. The van der Waals surface area contributed by atoms with Crippen LogP contribution in [-0.2, 0) is 20.3 Å². The van der Waals surface area contributed by atoms with Crippen LogP contribution in [0.5, 0.6) is 0 Å². The third-order valence-electron chi connectivity index (χ3n) is 5.20. The zero-order valence-electron chi connectivity index (χ0n) is 15.5. The lowest BCUT2D eigenvalue weighted by Gasteiger charge is -2.26. The molecule has 2 aliphatic heterocycles. The highest BCUT2D eigenvalue weighted by Gasteiger charge is 2.37. The van der Waals surface area contributed by atoms with Crippen molar-refractivity contribution < 1.29 is 17.9 Å². The molecular weight excluding hydrogens is 392 g/mol. The first-order chi connectivity index (χ1) is 14.1. The molecule has 0 atom stereocenters. The van der Waals surface area contributed by atoms with E-state index in [2.05, 4.69) is 10.1 Å². The first kappa shape index (κ1) is 18.0. The summed E-state index contributed by atoms with van der Waals surface area (Å²) in [5.41, 5.74) is 2.53. The predicted molar refractivity (Wildman–Crippen MR) is 104 cm³/mol. The number of carbonyl (C=O) groups is 1. The number of benzene rings is 1. The molecule has 1 saturated heterocycles. The standard InChI is InChI=1S/C20H18N4O4S/c25-20(23-9-11-28-12-10-23)18-16-13-29(26,27)17-4-2-1-3-15(17)19(16)24(22-18)14-5-7-21-8-6-14/h1-8H,9-13H2. The molecule has 3 aromatic rings. The van der Waals surface area contributed by atoms with E-state index in [-0.39, 0.29) is 22.2 Å². The summed E-state index contributed by atoms with van der Waals surface area (Å²) in [5.74, 6) is -0.525. The summed E-state index contributed by atoms with van der Waals surface area (Å²) in [6.45, 7) is 1.83. The van der Waals surface area contributed by atoms with E-state index < -0.39 is 9.84 Å². The number of aromatic nitrogens is 3. The Labute approximate surface area is 167 Å². The fraction of sp³-hybridized carbons (Fsp3) is 0.250. The molecule has 29 heavy (non-hydrogen) atoms. The van der Waals surface area contributed by atoms with E-state index in [1.807, 2.05) is 0 Å². The van der Waals surface area contributed by atoms with Crippen LogP contribution in [0, 0.1) is 0 Å². The van der Waals surface area contributed by atoms with Crippen LogP contribution in [0.4, 0.5) is 0 Å². The van der Waals surface area contributed by atoms with E-state index in [4.69, 9.17) is 4.74 Å². The second-order valence-corrected chi connectivity index (χ2v) is 8.91. The Morgan fingerprint density at radius 3 is 2.52 bits per heavy atom. The Hall–Kier alpha value is -3.04. The van der Waals surface area contributed by atoms with Gasteiger partial charge in [0.2, 0.25) is 0 Å². The minimum atomic E-state index is -3.57. The number of carbonyl (C=O) groups excluding carboxylic acids is 1. The van der Waals surface area contributed by atoms with Crippen molar-refractivity contribution in [1.82, 2.24) is 19.7 Å². The van der Waals surface area contributed by atoms with E-state index in [1.54, 1.807) is 58.4 Å². The molecule has 0 aliphatic carbocycles. The number of hydrogen-bond donors (Lipinski definition) is 0. The van der Waals surface area contributed by atoms with Gasteiger partial charge in [0, 0.05) is 36.6 Å². The number of rotatable bonds is 2. The summed E-state index contributed by atoms with van der Waals surface area (Å²) in [5, 5.41) is 4.59. The summed E-state index contributed by atoms with van der Waals surface area (Å²) >= 11 is 0. The second kappa shape index (κ2) is 6.78. The average Bonchev–Trinajstić information content (AvgIpc) is 3.13. The van der Waals surface area contributed by atoms with Gasteiger partial charge in [-0.1, -0.05) is 18.2 Å². The van der Waals surface area contributed by atoms with Crippen molar-refractivity contribution in [2.45, 2.75) is 10.6 Å². The number of amides is 1. The maximum absolute atomic E-state index is 13.2. The van der Waals surface area contributed by atoms with Gasteiger partial charge in [0.05, 0.1) is 35.2 Å². The van der Waals surface area contributed by atoms with Crippen LogP contribution in [-0.4, -0.2) is 60.3 Å². The van der Waals surface area contributed by atoms with Crippen LogP contribution in [0.15, 0.2) is 53.7 Å².